The van der Waals surface area contributed by atoms with Gasteiger partial charge in [0.1, 0.15) is 11.5 Å². The number of anilines is 2. The zero-order valence-corrected chi connectivity index (χ0v) is 13.4. The Balaban J connectivity index is 1.64. The molecule has 1 N–H and O–H groups in total. The molecule has 2 amide bonds. The van der Waals surface area contributed by atoms with Crippen molar-refractivity contribution in [1.29, 1.82) is 5.26 Å². The summed E-state index contributed by atoms with van der Waals surface area (Å²) >= 11 is 0. The molecule has 0 saturated carbocycles. The van der Waals surface area contributed by atoms with Gasteiger partial charge in [-0.3, -0.25) is 9.59 Å². The number of carbonyl (C=O) groups excluding carboxylic acids is 2. The number of piperazine rings is 1. The smallest absolute Gasteiger partial charge is 0.275 e. The summed E-state index contributed by atoms with van der Waals surface area (Å²) in [6.07, 6.45) is 3.82. The van der Waals surface area contributed by atoms with E-state index in [1.807, 2.05) is 11.0 Å². The minimum Gasteiger partial charge on any atom is -0.352 e. The number of nitriles is 1. The Hall–Kier alpha value is -3.47. The topological polar surface area (TPSA) is 102 Å². The number of aromatic nitrogens is 2. The van der Waals surface area contributed by atoms with Gasteiger partial charge in [0.05, 0.1) is 24.0 Å². The van der Waals surface area contributed by atoms with Gasteiger partial charge >= 0.3 is 0 Å². The summed E-state index contributed by atoms with van der Waals surface area (Å²) in [6, 6.07) is 8.67. The van der Waals surface area contributed by atoms with E-state index in [0.717, 1.165) is 6.41 Å². The number of hydrogen-bond acceptors (Lipinski definition) is 6. The van der Waals surface area contributed by atoms with Crippen molar-refractivity contribution in [3.63, 3.8) is 0 Å². The van der Waals surface area contributed by atoms with Gasteiger partial charge in [0, 0.05) is 31.9 Å². The Morgan fingerprint density at radius 2 is 2.00 bits per heavy atom. The van der Waals surface area contributed by atoms with E-state index in [9.17, 15) is 9.59 Å². The van der Waals surface area contributed by atoms with Gasteiger partial charge in [0.25, 0.3) is 5.91 Å². The first-order chi connectivity index (χ1) is 12.2. The first-order valence-corrected chi connectivity index (χ1v) is 7.77. The molecule has 1 fully saturated rings. The highest BCUT2D eigenvalue weighted by atomic mass is 16.2. The Morgan fingerprint density at radius 1 is 1.20 bits per heavy atom. The maximum absolute atomic E-state index is 12.2. The van der Waals surface area contributed by atoms with Gasteiger partial charge in [0.15, 0.2) is 0 Å². The summed E-state index contributed by atoms with van der Waals surface area (Å²) in [4.78, 5) is 35.1. The lowest BCUT2D eigenvalue weighted by Crippen LogP contribution is -2.46. The molecular formula is C17H16N6O2. The molecule has 3 rings (SSSR count). The molecule has 0 radical (unpaired) electrons. The van der Waals surface area contributed by atoms with Crippen LogP contribution in [-0.2, 0) is 4.79 Å². The van der Waals surface area contributed by atoms with Crippen LogP contribution in [0.2, 0.25) is 0 Å². The van der Waals surface area contributed by atoms with Crippen LogP contribution in [0.15, 0.2) is 36.7 Å². The standard InChI is InChI=1S/C17H16N6O2/c18-9-13-2-1-3-14(8-13)21-17(25)15-10-20-16(11-19-15)23-6-4-22(12-24)5-7-23/h1-3,8,10-12H,4-7H2,(H,21,25). The second-order valence-corrected chi connectivity index (χ2v) is 5.53. The number of carbonyl (C=O) groups is 2. The van der Waals surface area contributed by atoms with E-state index in [2.05, 4.69) is 15.3 Å². The van der Waals surface area contributed by atoms with Crippen molar-refractivity contribution in [1.82, 2.24) is 14.9 Å². The summed E-state index contributed by atoms with van der Waals surface area (Å²) in [6.45, 7) is 2.64. The van der Waals surface area contributed by atoms with Gasteiger partial charge in [-0.1, -0.05) is 6.07 Å². The lowest BCUT2D eigenvalue weighted by Gasteiger charge is -2.33. The van der Waals surface area contributed by atoms with Crippen LogP contribution in [0.3, 0.4) is 0 Å². The number of benzene rings is 1. The molecule has 0 atom stereocenters. The van der Waals surface area contributed by atoms with Gasteiger partial charge in [-0.2, -0.15) is 5.26 Å². The molecule has 1 aromatic carbocycles. The average molecular weight is 336 g/mol. The fraction of sp³-hybridized carbons (Fsp3) is 0.235. The van der Waals surface area contributed by atoms with Gasteiger partial charge in [-0.25, -0.2) is 9.97 Å². The van der Waals surface area contributed by atoms with E-state index in [0.29, 0.717) is 43.2 Å². The molecule has 0 unspecified atom stereocenters. The minimum atomic E-state index is -0.389. The third kappa shape index (κ3) is 3.90. The first kappa shape index (κ1) is 16.4. The summed E-state index contributed by atoms with van der Waals surface area (Å²) in [7, 11) is 0. The van der Waals surface area contributed by atoms with Gasteiger partial charge in [-0.15, -0.1) is 0 Å². The molecule has 8 heteroatoms. The predicted octanol–water partition coefficient (Wildman–Crippen LogP) is 0.879. The summed E-state index contributed by atoms with van der Waals surface area (Å²) in [5.74, 6) is 0.286. The van der Waals surface area contributed by atoms with E-state index >= 15 is 0 Å². The number of nitrogens with one attached hydrogen (secondary N) is 1. The Bertz CT molecular complexity index is 807. The minimum absolute atomic E-state index is 0.192. The van der Waals surface area contributed by atoms with Gasteiger partial charge < -0.3 is 15.1 Å². The van der Waals surface area contributed by atoms with Crippen LogP contribution < -0.4 is 10.2 Å². The molecule has 1 saturated heterocycles. The predicted molar refractivity (Wildman–Crippen MR) is 91.0 cm³/mol. The fourth-order valence-electron chi connectivity index (χ4n) is 2.52. The Labute approximate surface area is 144 Å². The van der Waals surface area contributed by atoms with E-state index < -0.39 is 0 Å². The number of rotatable bonds is 4. The van der Waals surface area contributed by atoms with E-state index in [4.69, 9.17) is 5.26 Å². The number of hydrogen-bond donors (Lipinski definition) is 1. The highest BCUT2D eigenvalue weighted by Gasteiger charge is 2.17. The SMILES string of the molecule is N#Cc1cccc(NC(=O)c2cnc(N3CCN(C=O)CC3)cn2)c1. The molecule has 2 aromatic rings. The maximum atomic E-state index is 12.2. The quantitative estimate of drug-likeness (QED) is 0.832. The second kappa shape index (κ2) is 7.40. The van der Waals surface area contributed by atoms with Crippen molar-refractivity contribution >= 4 is 23.8 Å². The molecule has 8 nitrogen and oxygen atoms in total. The Kier molecular flexibility index (Phi) is 4.85. The third-order valence-electron chi connectivity index (χ3n) is 3.91. The summed E-state index contributed by atoms with van der Waals surface area (Å²) in [5, 5.41) is 11.6. The molecule has 0 aliphatic carbocycles. The number of nitrogens with zero attached hydrogens (tertiary/aromatic N) is 5. The molecular weight excluding hydrogens is 320 g/mol. The second-order valence-electron chi connectivity index (χ2n) is 5.53. The highest BCUT2D eigenvalue weighted by molar-refractivity contribution is 6.02. The lowest BCUT2D eigenvalue weighted by molar-refractivity contribution is -0.118. The highest BCUT2D eigenvalue weighted by Crippen LogP contribution is 2.14. The maximum Gasteiger partial charge on any atom is 0.275 e. The monoisotopic (exact) mass is 336 g/mol. The van der Waals surface area contributed by atoms with Crippen molar-refractivity contribution < 1.29 is 9.59 Å². The van der Waals surface area contributed by atoms with Crippen LogP contribution in [0.25, 0.3) is 0 Å². The zero-order chi connectivity index (χ0) is 17.6. The van der Waals surface area contributed by atoms with Gasteiger partial charge in [0.2, 0.25) is 6.41 Å². The molecule has 0 spiro atoms. The van der Waals surface area contributed by atoms with Crippen LogP contribution in [0.4, 0.5) is 11.5 Å². The van der Waals surface area contributed by atoms with Crippen molar-refractivity contribution in [3.8, 4) is 6.07 Å². The third-order valence-corrected chi connectivity index (χ3v) is 3.91. The van der Waals surface area contributed by atoms with E-state index in [1.165, 1.54) is 6.20 Å². The van der Waals surface area contributed by atoms with Crippen LogP contribution in [0.5, 0.6) is 0 Å². The van der Waals surface area contributed by atoms with E-state index in [1.54, 1.807) is 35.4 Å². The molecule has 25 heavy (non-hydrogen) atoms. The first-order valence-electron chi connectivity index (χ1n) is 7.77. The van der Waals surface area contributed by atoms with Crippen LogP contribution in [0.1, 0.15) is 16.1 Å². The molecule has 126 valence electrons. The summed E-state index contributed by atoms with van der Waals surface area (Å²) < 4.78 is 0. The average Bonchev–Trinajstić information content (AvgIpc) is 2.68. The van der Waals surface area contributed by atoms with Crippen LogP contribution in [0, 0.1) is 11.3 Å². The van der Waals surface area contributed by atoms with Crippen molar-refractivity contribution in [2.75, 3.05) is 36.4 Å². The van der Waals surface area contributed by atoms with E-state index in [-0.39, 0.29) is 11.6 Å². The Morgan fingerprint density at radius 3 is 2.64 bits per heavy atom. The van der Waals surface area contributed by atoms with Gasteiger partial charge in [-0.05, 0) is 18.2 Å². The van der Waals surface area contributed by atoms with Crippen LogP contribution >= 0.6 is 0 Å². The molecule has 1 aliphatic heterocycles. The fourth-order valence-corrected chi connectivity index (χ4v) is 2.52. The van der Waals surface area contributed by atoms with Crippen molar-refractivity contribution in [3.05, 3.63) is 47.9 Å². The van der Waals surface area contributed by atoms with Crippen molar-refractivity contribution in [2.24, 2.45) is 0 Å². The number of amides is 2. The zero-order valence-electron chi connectivity index (χ0n) is 13.4. The lowest BCUT2D eigenvalue weighted by atomic mass is 10.2. The molecule has 1 aromatic heterocycles. The largest absolute Gasteiger partial charge is 0.352 e. The van der Waals surface area contributed by atoms with Crippen molar-refractivity contribution in [2.45, 2.75) is 0 Å². The molecule has 0 bridgehead atoms. The molecule has 2 heterocycles. The summed E-state index contributed by atoms with van der Waals surface area (Å²) in [5.41, 5.74) is 1.19. The normalized spacial score (nSPS) is 13.9. The van der Waals surface area contributed by atoms with Crippen LogP contribution in [-0.4, -0.2) is 53.4 Å². The molecule has 1 aliphatic rings.